The van der Waals surface area contributed by atoms with E-state index in [2.05, 4.69) is 15.7 Å². The Balaban J connectivity index is 1.56. The number of methoxy groups -OCH3 is 1. The lowest BCUT2D eigenvalue weighted by atomic mass is 10.1. The number of para-hydroxylation sites is 1. The average Bonchev–Trinajstić information content (AvgIpc) is 3.11. The molecule has 0 saturated heterocycles. The predicted molar refractivity (Wildman–Crippen MR) is 111 cm³/mol. The Morgan fingerprint density at radius 3 is 2.55 bits per heavy atom. The molecular weight excluding hydrogens is 368 g/mol. The number of carbonyl (C=O) groups is 2. The molecule has 0 aliphatic heterocycles. The summed E-state index contributed by atoms with van der Waals surface area (Å²) in [5, 5.41) is 9.83. The average molecular weight is 392 g/mol. The molecule has 0 unspecified atom stereocenters. The van der Waals surface area contributed by atoms with E-state index >= 15 is 0 Å². The van der Waals surface area contributed by atoms with Crippen molar-refractivity contribution < 1.29 is 14.3 Å². The Morgan fingerprint density at radius 1 is 1.07 bits per heavy atom. The van der Waals surface area contributed by atoms with E-state index < -0.39 is 0 Å². The smallest absolute Gasteiger partial charge is 0.272 e. The number of hydrogen-bond acceptors (Lipinski definition) is 4. The van der Waals surface area contributed by atoms with E-state index in [1.807, 2.05) is 54.6 Å². The molecule has 150 valence electrons. The monoisotopic (exact) mass is 392 g/mol. The lowest BCUT2D eigenvalue weighted by Gasteiger charge is -2.08. The Labute approximate surface area is 169 Å². The molecule has 1 heterocycles. The van der Waals surface area contributed by atoms with Gasteiger partial charge in [0.1, 0.15) is 11.6 Å². The number of aromatic nitrogens is 2. The number of nitrogens with one attached hydrogen (secondary N) is 2. The van der Waals surface area contributed by atoms with Gasteiger partial charge in [-0.15, -0.1) is 0 Å². The van der Waals surface area contributed by atoms with Crippen LogP contribution in [0.5, 0.6) is 5.75 Å². The van der Waals surface area contributed by atoms with Crippen molar-refractivity contribution in [2.45, 2.75) is 19.4 Å². The number of rotatable bonds is 8. The fourth-order valence-corrected chi connectivity index (χ4v) is 2.92. The molecule has 7 heteroatoms. The summed E-state index contributed by atoms with van der Waals surface area (Å²) in [5.74, 6) is 0.736. The quantitative estimate of drug-likeness (QED) is 0.617. The van der Waals surface area contributed by atoms with Crippen molar-refractivity contribution in [2.75, 3.05) is 12.4 Å². The summed E-state index contributed by atoms with van der Waals surface area (Å²) in [7, 11) is 3.27. The number of benzene rings is 2. The van der Waals surface area contributed by atoms with Crippen LogP contribution in [0.25, 0.3) is 0 Å². The van der Waals surface area contributed by atoms with Crippen molar-refractivity contribution >= 4 is 17.6 Å². The first kappa shape index (κ1) is 20.1. The second-order valence-corrected chi connectivity index (χ2v) is 6.57. The lowest BCUT2D eigenvalue weighted by Crippen LogP contribution is -2.23. The fraction of sp³-hybridized carbons (Fsp3) is 0.227. The molecule has 0 saturated carbocycles. The number of nitrogens with zero attached hydrogens (tertiary/aromatic N) is 2. The molecular formula is C22H24N4O3. The second kappa shape index (κ2) is 9.54. The van der Waals surface area contributed by atoms with Crippen LogP contribution in [0.4, 0.5) is 5.82 Å². The standard InChI is InChI=1S/C22H24N4O3/c1-26-20(24-21(27)13-12-16-8-4-3-5-9-16)14-18(25-26)22(28)23-15-17-10-6-7-11-19(17)29-2/h3-11,14H,12-13,15H2,1-2H3,(H,23,28)(H,24,27). The third kappa shape index (κ3) is 5.44. The molecule has 0 aliphatic rings. The normalized spacial score (nSPS) is 10.4. The van der Waals surface area contributed by atoms with E-state index in [1.54, 1.807) is 20.2 Å². The summed E-state index contributed by atoms with van der Waals surface area (Å²) in [6, 6.07) is 18.9. The molecule has 2 aromatic carbocycles. The van der Waals surface area contributed by atoms with Crippen molar-refractivity contribution in [3.05, 3.63) is 77.5 Å². The maximum Gasteiger partial charge on any atom is 0.272 e. The van der Waals surface area contributed by atoms with E-state index in [1.165, 1.54) is 4.68 Å². The molecule has 0 atom stereocenters. The van der Waals surface area contributed by atoms with E-state index in [-0.39, 0.29) is 17.5 Å². The van der Waals surface area contributed by atoms with Gasteiger partial charge in [0.05, 0.1) is 7.11 Å². The fourth-order valence-electron chi connectivity index (χ4n) is 2.92. The molecule has 0 bridgehead atoms. The molecule has 7 nitrogen and oxygen atoms in total. The van der Waals surface area contributed by atoms with E-state index in [0.29, 0.717) is 31.0 Å². The van der Waals surface area contributed by atoms with E-state index in [4.69, 9.17) is 4.74 Å². The van der Waals surface area contributed by atoms with Crippen LogP contribution in [0.1, 0.15) is 28.0 Å². The number of anilines is 1. The van der Waals surface area contributed by atoms with Gasteiger partial charge in [0.15, 0.2) is 5.69 Å². The van der Waals surface area contributed by atoms with Crippen molar-refractivity contribution in [1.82, 2.24) is 15.1 Å². The SMILES string of the molecule is COc1ccccc1CNC(=O)c1cc(NC(=O)CCc2ccccc2)n(C)n1. The molecule has 2 N–H and O–H groups in total. The van der Waals surface area contributed by atoms with Gasteiger partial charge in [-0.05, 0) is 18.1 Å². The Bertz CT molecular complexity index is 983. The number of hydrogen-bond donors (Lipinski definition) is 2. The molecule has 3 aromatic rings. The highest BCUT2D eigenvalue weighted by Gasteiger charge is 2.15. The third-order valence-corrected chi connectivity index (χ3v) is 4.50. The number of amides is 2. The van der Waals surface area contributed by atoms with Crippen molar-refractivity contribution in [1.29, 1.82) is 0 Å². The van der Waals surface area contributed by atoms with Gasteiger partial charge in [0, 0.05) is 31.6 Å². The van der Waals surface area contributed by atoms with E-state index in [0.717, 1.165) is 11.1 Å². The van der Waals surface area contributed by atoms with Crippen molar-refractivity contribution in [2.24, 2.45) is 7.05 Å². The Kier molecular flexibility index (Phi) is 6.63. The van der Waals surface area contributed by atoms with Crippen LogP contribution in [-0.4, -0.2) is 28.7 Å². The minimum atomic E-state index is -0.323. The number of ether oxygens (including phenoxy) is 1. The first-order chi connectivity index (χ1) is 14.1. The van der Waals surface area contributed by atoms with Crippen molar-refractivity contribution in [3.8, 4) is 5.75 Å². The zero-order valence-corrected chi connectivity index (χ0v) is 16.5. The summed E-state index contributed by atoms with van der Waals surface area (Å²) < 4.78 is 6.77. The highest BCUT2D eigenvalue weighted by atomic mass is 16.5. The summed E-state index contributed by atoms with van der Waals surface area (Å²) in [4.78, 5) is 24.7. The van der Waals surface area contributed by atoms with Crippen molar-refractivity contribution in [3.63, 3.8) is 0 Å². The van der Waals surface area contributed by atoms with Crippen LogP contribution in [0.2, 0.25) is 0 Å². The molecule has 0 radical (unpaired) electrons. The zero-order chi connectivity index (χ0) is 20.6. The minimum Gasteiger partial charge on any atom is -0.496 e. The molecule has 29 heavy (non-hydrogen) atoms. The van der Waals surface area contributed by atoms with Gasteiger partial charge < -0.3 is 15.4 Å². The Hall–Kier alpha value is -3.61. The summed E-state index contributed by atoms with van der Waals surface area (Å²) in [6.45, 7) is 0.318. The highest BCUT2D eigenvalue weighted by molar-refractivity contribution is 5.95. The zero-order valence-electron chi connectivity index (χ0n) is 16.5. The second-order valence-electron chi connectivity index (χ2n) is 6.57. The maximum atomic E-state index is 12.4. The molecule has 2 amide bonds. The molecule has 1 aromatic heterocycles. The Morgan fingerprint density at radius 2 is 1.79 bits per heavy atom. The van der Waals surface area contributed by atoms with Gasteiger partial charge in [-0.1, -0.05) is 48.5 Å². The summed E-state index contributed by atoms with van der Waals surface area (Å²) in [5.41, 5.74) is 2.21. The van der Waals surface area contributed by atoms with Crippen LogP contribution in [0.3, 0.4) is 0 Å². The molecule has 0 fully saturated rings. The van der Waals surface area contributed by atoms with Crippen LogP contribution in [0, 0.1) is 0 Å². The largest absolute Gasteiger partial charge is 0.496 e. The lowest BCUT2D eigenvalue weighted by molar-refractivity contribution is -0.116. The number of carbonyl (C=O) groups excluding carboxylic acids is 2. The number of aryl methyl sites for hydroxylation is 2. The van der Waals surface area contributed by atoms with E-state index in [9.17, 15) is 9.59 Å². The first-order valence-electron chi connectivity index (χ1n) is 9.34. The van der Waals surface area contributed by atoms with Crippen LogP contribution >= 0.6 is 0 Å². The topological polar surface area (TPSA) is 85.3 Å². The van der Waals surface area contributed by atoms with Gasteiger partial charge in [-0.2, -0.15) is 5.10 Å². The maximum absolute atomic E-state index is 12.4. The van der Waals surface area contributed by atoms with Gasteiger partial charge in [-0.25, -0.2) is 0 Å². The van der Waals surface area contributed by atoms with Gasteiger partial charge >= 0.3 is 0 Å². The van der Waals surface area contributed by atoms with Crippen LogP contribution in [-0.2, 0) is 24.8 Å². The molecule has 0 spiro atoms. The predicted octanol–water partition coefficient (Wildman–Crippen LogP) is 2.93. The third-order valence-electron chi connectivity index (χ3n) is 4.50. The minimum absolute atomic E-state index is 0.127. The molecule has 0 aliphatic carbocycles. The van der Waals surface area contributed by atoms with Crippen LogP contribution < -0.4 is 15.4 Å². The van der Waals surface area contributed by atoms with Gasteiger partial charge in [-0.3, -0.25) is 14.3 Å². The first-order valence-corrected chi connectivity index (χ1v) is 9.34. The summed E-state index contributed by atoms with van der Waals surface area (Å²) >= 11 is 0. The van der Waals surface area contributed by atoms with Crippen LogP contribution in [0.15, 0.2) is 60.7 Å². The molecule has 3 rings (SSSR count). The highest BCUT2D eigenvalue weighted by Crippen LogP contribution is 2.17. The van der Waals surface area contributed by atoms with Gasteiger partial charge in [0.25, 0.3) is 5.91 Å². The van der Waals surface area contributed by atoms with Gasteiger partial charge in [0.2, 0.25) is 5.91 Å². The summed E-state index contributed by atoms with van der Waals surface area (Å²) in [6.07, 6.45) is 1.00.